The molecule has 0 rings (SSSR count). The van der Waals surface area contributed by atoms with E-state index < -0.39 is 0 Å². The van der Waals surface area contributed by atoms with E-state index in [0.717, 1.165) is 0 Å². The summed E-state index contributed by atoms with van der Waals surface area (Å²) >= 11 is 3.06. The third-order valence-corrected chi connectivity index (χ3v) is 0.769. The molecule has 5 heteroatoms. The minimum Gasteiger partial charge on any atom is -0.359 e. The van der Waals surface area contributed by atoms with Crippen LogP contribution in [0.2, 0.25) is 0 Å². The van der Waals surface area contributed by atoms with E-state index in [2.05, 4.69) is 20.7 Å². The molecule has 0 unspecified atom stereocenters. The summed E-state index contributed by atoms with van der Waals surface area (Å²) in [5.41, 5.74) is 0.497. The van der Waals surface area contributed by atoms with Gasteiger partial charge < -0.3 is 14.2 Å². The summed E-state index contributed by atoms with van der Waals surface area (Å²) in [6.07, 6.45) is 0. The van der Waals surface area contributed by atoms with Crippen LogP contribution in [0.5, 0.6) is 0 Å². The second-order valence-electron chi connectivity index (χ2n) is 1.04. The van der Waals surface area contributed by atoms with Crippen LogP contribution in [-0.4, -0.2) is 26.2 Å². The van der Waals surface area contributed by atoms with Crippen molar-refractivity contribution >= 4 is 32.9 Å². The van der Waals surface area contributed by atoms with Crippen LogP contribution in [0.3, 0.4) is 0 Å². The molecule has 0 N–H and O–H groups in total. The summed E-state index contributed by atoms with van der Waals surface area (Å²) in [7, 11) is 1.56. The molecule has 0 aliphatic heterocycles. The van der Waals surface area contributed by atoms with Gasteiger partial charge in [-0.3, -0.25) is 0 Å². The molecular weight excluding hydrogens is 256 g/mol. The smallest absolute Gasteiger partial charge is 0.150 e. The predicted molar refractivity (Wildman–Crippen MR) is 43.0 cm³/mol. The van der Waals surface area contributed by atoms with E-state index in [9.17, 15) is 0 Å². The zero-order valence-electron chi connectivity index (χ0n) is 5.13. The van der Waals surface area contributed by atoms with Crippen molar-refractivity contribution in [2.45, 2.75) is 0 Å². The van der Waals surface area contributed by atoms with E-state index in [0.29, 0.717) is 5.52 Å². The zero-order valence-corrected chi connectivity index (χ0v) is 8.43. The Labute approximate surface area is 73.6 Å². The average molecular weight is 266 g/mol. The molecule has 0 atom stereocenters. The van der Waals surface area contributed by atoms with Crippen molar-refractivity contribution in [3.63, 3.8) is 0 Å². The fourth-order valence-corrected chi connectivity index (χ4v) is 0.340. The highest BCUT2D eigenvalue weighted by molar-refractivity contribution is 9.09. The van der Waals surface area contributed by atoms with Gasteiger partial charge in [0.25, 0.3) is 0 Å². The summed E-state index contributed by atoms with van der Waals surface area (Å²) in [4.78, 5) is 0. The van der Waals surface area contributed by atoms with Crippen LogP contribution in [0, 0.1) is 0 Å². The van der Waals surface area contributed by atoms with Crippen molar-refractivity contribution < 1.29 is 14.2 Å². The summed E-state index contributed by atoms with van der Waals surface area (Å²) < 4.78 is 14.1. The monoisotopic (exact) mass is 264 g/mol. The molecule has 3 nitrogen and oxygen atoms in total. The third-order valence-electron chi connectivity index (χ3n) is 0.445. The van der Waals surface area contributed by atoms with Gasteiger partial charge in [-0.2, -0.15) is 0 Å². The van der Waals surface area contributed by atoms with E-state index in [-0.39, 0.29) is 30.6 Å². The standard InChI is InChI=1S/C4H9BrO3.BrH/c1-6-3-8-4-7-2-5;/h2-4H2,1H3;1H. The van der Waals surface area contributed by atoms with Gasteiger partial charge in [-0.25, -0.2) is 0 Å². The quantitative estimate of drug-likeness (QED) is 0.429. The number of methoxy groups -OCH3 is 1. The molecular formula is C4H10Br2O3. The summed E-state index contributed by atoms with van der Waals surface area (Å²) in [6, 6.07) is 0. The molecule has 0 bridgehead atoms. The van der Waals surface area contributed by atoms with Crippen LogP contribution in [0.4, 0.5) is 0 Å². The van der Waals surface area contributed by atoms with E-state index in [1.807, 2.05) is 0 Å². The van der Waals surface area contributed by atoms with Crippen LogP contribution in [-0.2, 0) is 14.2 Å². The van der Waals surface area contributed by atoms with Crippen LogP contribution >= 0.6 is 32.9 Å². The van der Waals surface area contributed by atoms with Gasteiger partial charge in [0.1, 0.15) is 12.3 Å². The van der Waals surface area contributed by atoms with Gasteiger partial charge in [-0.15, -0.1) is 17.0 Å². The fourth-order valence-electron chi connectivity index (χ4n) is 0.208. The highest BCUT2D eigenvalue weighted by Gasteiger charge is 1.80. The maximum atomic E-state index is 4.75. The molecule has 0 aromatic carbocycles. The van der Waals surface area contributed by atoms with E-state index in [4.69, 9.17) is 9.47 Å². The van der Waals surface area contributed by atoms with Gasteiger partial charge in [-0.1, -0.05) is 15.9 Å². The van der Waals surface area contributed by atoms with Crippen LogP contribution < -0.4 is 0 Å². The van der Waals surface area contributed by atoms with E-state index in [1.54, 1.807) is 7.11 Å². The molecule has 0 aliphatic carbocycles. The minimum atomic E-state index is 0. The van der Waals surface area contributed by atoms with Crippen molar-refractivity contribution in [2.24, 2.45) is 0 Å². The Kier molecular flexibility index (Phi) is 16.1. The maximum absolute atomic E-state index is 4.75. The second-order valence-corrected chi connectivity index (χ2v) is 1.50. The van der Waals surface area contributed by atoms with Gasteiger partial charge in [-0.05, 0) is 0 Å². The maximum Gasteiger partial charge on any atom is 0.150 e. The van der Waals surface area contributed by atoms with Gasteiger partial charge in [0, 0.05) is 7.11 Å². The van der Waals surface area contributed by atoms with Crippen LogP contribution in [0.25, 0.3) is 0 Å². The van der Waals surface area contributed by atoms with Crippen molar-refractivity contribution in [1.82, 2.24) is 0 Å². The fraction of sp³-hybridized carbons (Fsp3) is 1.00. The van der Waals surface area contributed by atoms with Gasteiger partial charge in [0.2, 0.25) is 0 Å². The van der Waals surface area contributed by atoms with Crippen molar-refractivity contribution in [3.8, 4) is 0 Å². The average Bonchev–Trinajstić information content (AvgIpc) is 1.81. The lowest BCUT2D eigenvalue weighted by atomic mass is 11.3. The van der Waals surface area contributed by atoms with Gasteiger partial charge in [0.05, 0.1) is 0 Å². The Morgan fingerprint density at radius 1 is 1.22 bits per heavy atom. The van der Waals surface area contributed by atoms with Gasteiger partial charge in [0.15, 0.2) is 6.79 Å². The number of hydrogen-bond donors (Lipinski definition) is 0. The molecule has 0 aromatic heterocycles. The summed E-state index contributed by atoms with van der Waals surface area (Å²) in [5, 5.41) is 0. The highest BCUT2D eigenvalue weighted by Crippen LogP contribution is 1.82. The first-order valence-corrected chi connectivity index (χ1v) is 3.24. The van der Waals surface area contributed by atoms with Crippen molar-refractivity contribution in [2.75, 3.05) is 26.2 Å². The predicted octanol–water partition coefficient (Wildman–Crippen LogP) is 1.51. The Morgan fingerprint density at radius 2 is 1.89 bits per heavy atom. The normalized spacial score (nSPS) is 8.67. The molecule has 0 aliphatic rings. The highest BCUT2D eigenvalue weighted by atomic mass is 79.9. The van der Waals surface area contributed by atoms with Crippen LogP contribution in [0.1, 0.15) is 0 Å². The lowest BCUT2D eigenvalue weighted by Crippen LogP contribution is -2.00. The second kappa shape index (κ2) is 11.6. The van der Waals surface area contributed by atoms with Gasteiger partial charge >= 0.3 is 0 Å². The van der Waals surface area contributed by atoms with Crippen LogP contribution in [0.15, 0.2) is 0 Å². The summed E-state index contributed by atoms with van der Waals surface area (Å²) in [5.74, 6) is 0. The molecule has 9 heavy (non-hydrogen) atoms. The first-order valence-electron chi connectivity index (χ1n) is 2.12. The Bertz CT molecular complexity index is 38.8. The number of halogens is 2. The zero-order chi connectivity index (χ0) is 6.24. The Hall–Kier alpha value is 0.840. The molecule has 0 aromatic rings. The molecule has 0 heterocycles. The van der Waals surface area contributed by atoms with E-state index in [1.165, 1.54) is 0 Å². The van der Waals surface area contributed by atoms with Crippen molar-refractivity contribution in [1.29, 1.82) is 0 Å². The molecule has 0 spiro atoms. The molecule has 58 valence electrons. The lowest BCUT2D eigenvalue weighted by Gasteiger charge is -1.99. The summed E-state index contributed by atoms with van der Waals surface area (Å²) in [6.45, 7) is 0.562. The Balaban J connectivity index is 0. The molecule has 0 saturated heterocycles. The van der Waals surface area contributed by atoms with E-state index >= 15 is 0 Å². The molecule has 0 radical (unpaired) electrons. The largest absolute Gasteiger partial charge is 0.359 e. The SMILES string of the molecule is Br.COCOCOCBr. The minimum absolute atomic E-state index is 0. The first kappa shape index (κ1) is 12.5. The Morgan fingerprint density at radius 3 is 2.33 bits per heavy atom. The molecule has 0 amide bonds. The molecule has 0 saturated carbocycles. The third kappa shape index (κ3) is 12.1. The number of ether oxygens (including phenoxy) is 3. The molecule has 0 fully saturated rings. The number of alkyl halides is 1. The number of rotatable bonds is 5. The first-order chi connectivity index (χ1) is 3.91. The topological polar surface area (TPSA) is 27.7 Å². The number of hydrogen-bond acceptors (Lipinski definition) is 3. The van der Waals surface area contributed by atoms with Crippen molar-refractivity contribution in [3.05, 3.63) is 0 Å². The lowest BCUT2D eigenvalue weighted by molar-refractivity contribution is -0.110.